The second-order valence-corrected chi connectivity index (χ2v) is 9.05. The van der Waals surface area contributed by atoms with Crippen molar-refractivity contribution in [2.75, 3.05) is 36.5 Å². The molecule has 1 aliphatic carbocycles. The number of benzene rings is 1. The molecule has 35 heavy (non-hydrogen) atoms. The quantitative estimate of drug-likeness (QED) is 0.357. The van der Waals surface area contributed by atoms with Gasteiger partial charge in [-0.05, 0) is 31.0 Å². The van der Waals surface area contributed by atoms with Gasteiger partial charge < -0.3 is 19.7 Å². The predicted molar refractivity (Wildman–Crippen MR) is 136 cm³/mol. The molecule has 1 saturated heterocycles. The first-order valence-electron chi connectivity index (χ1n) is 11.8. The van der Waals surface area contributed by atoms with Crippen LogP contribution in [0.2, 0.25) is 5.02 Å². The van der Waals surface area contributed by atoms with Crippen molar-refractivity contribution in [1.29, 1.82) is 0 Å². The Labute approximate surface area is 208 Å². The van der Waals surface area contributed by atoms with Gasteiger partial charge in [-0.1, -0.05) is 29.8 Å². The molecule has 2 aliphatic rings. The SMILES string of the molecule is Clc1ccccc1-c1nn(C2CC2)cc1Oc1ccnc(Nc2ccnc(N3CCOCC3)c2)c1. The molecule has 1 aliphatic heterocycles. The van der Waals surface area contributed by atoms with Crippen molar-refractivity contribution in [3.05, 3.63) is 72.1 Å². The van der Waals surface area contributed by atoms with Crippen LogP contribution in [0.4, 0.5) is 17.3 Å². The minimum atomic E-state index is 0.426. The molecule has 0 amide bonds. The summed E-state index contributed by atoms with van der Waals surface area (Å²) in [5.41, 5.74) is 2.49. The number of halogens is 1. The van der Waals surface area contributed by atoms with Gasteiger partial charge in [-0.15, -0.1) is 0 Å². The molecular formula is C26H25ClN6O2. The lowest BCUT2D eigenvalue weighted by molar-refractivity contribution is 0.122. The summed E-state index contributed by atoms with van der Waals surface area (Å²) in [7, 11) is 0. The first kappa shape index (κ1) is 21.9. The van der Waals surface area contributed by atoms with Gasteiger partial charge in [0.15, 0.2) is 5.75 Å². The monoisotopic (exact) mass is 488 g/mol. The summed E-state index contributed by atoms with van der Waals surface area (Å²) < 4.78 is 13.8. The van der Waals surface area contributed by atoms with Gasteiger partial charge in [0.1, 0.15) is 23.1 Å². The Bertz CT molecular complexity index is 1330. The van der Waals surface area contributed by atoms with E-state index in [4.69, 9.17) is 26.2 Å². The molecule has 0 unspecified atom stereocenters. The van der Waals surface area contributed by atoms with Gasteiger partial charge in [0.25, 0.3) is 0 Å². The van der Waals surface area contributed by atoms with Crippen molar-refractivity contribution in [1.82, 2.24) is 19.7 Å². The number of rotatable bonds is 7. The van der Waals surface area contributed by atoms with Gasteiger partial charge in [-0.25, -0.2) is 9.97 Å². The number of pyridine rings is 2. The molecule has 2 fully saturated rings. The van der Waals surface area contributed by atoms with E-state index < -0.39 is 0 Å². The van der Waals surface area contributed by atoms with Gasteiger partial charge in [-0.2, -0.15) is 5.10 Å². The molecule has 0 radical (unpaired) electrons. The van der Waals surface area contributed by atoms with Gasteiger partial charge in [-0.3, -0.25) is 4.68 Å². The molecule has 8 nitrogen and oxygen atoms in total. The predicted octanol–water partition coefficient (Wildman–Crippen LogP) is 5.70. The number of hydrogen-bond donors (Lipinski definition) is 1. The third-order valence-corrected chi connectivity index (χ3v) is 6.39. The van der Waals surface area contributed by atoms with Crippen LogP contribution in [-0.4, -0.2) is 46.1 Å². The number of aromatic nitrogens is 4. The van der Waals surface area contributed by atoms with E-state index in [-0.39, 0.29) is 0 Å². The number of morpholine rings is 1. The molecule has 4 aromatic rings. The van der Waals surface area contributed by atoms with Crippen molar-refractivity contribution in [2.45, 2.75) is 18.9 Å². The van der Waals surface area contributed by atoms with Crippen LogP contribution in [0.25, 0.3) is 11.3 Å². The highest BCUT2D eigenvalue weighted by atomic mass is 35.5. The Balaban J connectivity index is 1.24. The maximum Gasteiger partial charge on any atom is 0.173 e. The Morgan fingerprint density at radius 3 is 2.66 bits per heavy atom. The van der Waals surface area contributed by atoms with E-state index >= 15 is 0 Å². The van der Waals surface area contributed by atoms with Crippen LogP contribution in [0.1, 0.15) is 18.9 Å². The largest absolute Gasteiger partial charge is 0.453 e. The van der Waals surface area contributed by atoms with Crippen molar-refractivity contribution in [3.63, 3.8) is 0 Å². The fourth-order valence-corrected chi connectivity index (χ4v) is 4.32. The molecule has 0 spiro atoms. The van der Waals surface area contributed by atoms with E-state index in [2.05, 4.69) is 20.2 Å². The van der Waals surface area contributed by atoms with E-state index in [0.717, 1.165) is 48.7 Å². The third-order valence-electron chi connectivity index (χ3n) is 6.06. The lowest BCUT2D eigenvalue weighted by Crippen LogP contribution is -2.36. The summed E-state index contributed by atoms with van der Waals surface area (Å²) in [6.07, 6.45) is 7.74. The maximum absolute atomic E-state index is 6.48. The highest BCUT2D eigenvalue weighted by molar-refractivity contribution is 6.33. The Morgan fingerprint density at radius 2 is 1.83 bits per heavy atom. The number of hydrogen-bond acceptors (Lipinski definition) is 7. The standard InChI is InChI=1S/C26H25ClN6O2/c27-22-4-2-1-3-21(22)26-23(17-33(31-26)19-5-6-19)35-20-8-10-28-24(16-20)30-18-7-9-29-25(15-18)32-11-13-34-14-12-32/h1-4,7-10,15-17,19H,5-6,11-14H2,(H,28,29,30). The first-order chi connectivity index (χ1) is 17.2. The molecule has 1 saturated carbocycles. The van der Waals surface area contributed by atoms with E-state index in [0.29, 0.717) is 41.6 Å². The Kier molecular flexibility index (Phi) is 5.98. The second kappa shape index (κ2) is 9.56. The summed E-state index contributed by atoms with van der Waals surface area (Å²) in [4.78, 5) is 11.2. The smallest absolute Gasteiger partial charge is 0.173 e. The molecule has 9 heteroatoms. The number of ether oxygens (including phenoxy) is 2. The second-order valence-electron chi connectivity index (χ2n) is 8.64. The maximum atomic E-state index is 6.48. The van der Waals surface area contributed by atoms with E-state index in [1.54, 1.807) is 12.4 Å². The van der Waals surface area contributed by atoms with Gasteiger partial charge >= 0.3 is 0 Å². The van der Waals surface area contributed by atoms with Crippen molar-refractivity contribution in [2.24, 2.45) is 0 Å². The normalized spacial score (nSPS) is 15.7. The van der Waals surface area contributed by atoms with Crippen LogP contribution < -0.4 is 15.0 Å². The molecule has 0 bridgehead atoms. The molecule has 178 valence electrons. The minimum Gasteiger partial charge on any atom is -0.453 e. The zero-order valence-electron chi connectivity index (χ0n) is 19.1. The van der Waals surface area contributed by atoms with Gasteiger partial charge in [0.05, 0.1) is 30.5 Å². The minimum absolute atomic E-state index is 0.426. The van der Waals surface area contributed by atoms with Crippen LogP contribution >= 0.6 is 11.6 Å². The van der Waals surface area contributed by atoms with Crippen LogP contribution in [0.15, 0.2) is 67.1 Å². The van der Waals surface area contributed by atoms with E-state index in [1.807, 2.05) is 59.4 Å². The fourth-order valence-electron chi connectivity index (χ4n) is 4.09. The topological polar surface area (TPSA) is 77.3 Å². The molecular weight excluding hydrogens is 464 g/mol. The average Bonchev–Trinajstić information content (AvgIpc) is 3.66. The van der Waals surface area contributed by atoms with Crippen LogP contribution in [-0.2, 0) is 4.74 Å². The number of nitrogens with one attached hydrogen (secondary N) is 1. The van der Waals surface area contributed by atoms with Crippen LogP contribution in [0.5, 0.6) is 11.5 Å². The summed E-state index contributed by atoms with van der Waals surface area (Å²) in [6, 6.07) is 15.8. The van der Waals surface area contributed by atoms with Crippen LogP contribution in [0, 0.1) is 0 Å². The van der Waals surface area contributed by atoms with Crippen molar-refractivity contribution < 1.29 is 9.47 Å². The number of nitrogens with zero attached hydrogens (tertiary/aromatic N) is 5. The van der Waals surface area contributed by atoms with Crippen molar-refractivity contribution in [3.8, 4) is 22.8 Å². The van der Waals surface area contributed by atoms with E-state index in [9.17, 15) is 0 Å². The summed E-state index contributed by atoms with van der Waals surface area (Å²) in [6.45, 7) is 3.10. The molecule has 1 N–H and O–H groups in total. The highest BCUT2D eigenvalue weighted by Crippen LogP contribution is 2.41. The first-order valence-corrected chi connectivity index (χ1v) is 12.1. The fraction of sp³-hybridized carbons (Fsp3) is 0.269. The number of anilines is 3. The average molecular weight is 489 g/mol. The van der Waals surface area contributed by atoms with Gasteiger partial charge in [0, 0.05) is 48.9 Å². The Hall–Kier alpha value is -3.62. The summed E-state index contributed by atoms with van der Waals surface area (Å²) in [5, 5.41) is 8.81. The van der Waals surface area contributed by atoms with Crippen LogP contribution in [0.3, 0.4) is 0 Å². The molecule has 0 atom stereocenters. The molecule has 4 heterocycles. The Morgan fingerprint density at radius 1 is 1.00 bits per heavy atom. The lowest BCUT2D eigenvalue weighted by atomic mass is 10.1. The zero-order valence-corrected chi connectivity index (χ0v) is 19.9. The summed E-state index contributed by atoms with van der Waals surface area (Å²) in [5.74, 6) is 2.92. The van der Waals surface area contributed by atoms with E-state index in [1.165, 1.54) is 0 Å². The third kappa shape index (κ3) is 4.94. The zero-order chi connectivity index (χ0) is 23.6. The van der Waals surface area contributed by atoms with Crippen molar-refractivity contribution >= 4 is 28.9 Å². The molecule has 6 rings (SSSR count). The molecule has 3 aromatic heterocycles. The lowest BCUT2D eigenvalue weighted by Gasteiger charge is -2.28. The summed E-state index contributed by atoms with van der Waals surface area (Å²) >= 11 is 6.48. The highest BCUT2D eigenvalue weighted by Gasteiger charge is 2.27. The molecule has 1 aromatic carbocycles. The van der Waals surface area contributed by atoms with Gasteiger partial charge in [0.2, 0.25) is 0 Å².